The summed E-state index contributed by atoms with van der Waals surface area (Å²) in [5, 5.41) is 14.5. The summed E-state index contributed by atoms with van der Waals surface area (Å²) >= 11 is 6.00. The third-order valence-electron chi connectivity index (χ3n) is 2.40. The molecule has 0 aliphatic rings. The Morgan fingerprint density at radius 2 is 2.04 bits per heavy atom. The lowest BCUT2D eigenvalue weighted by Crippen LogP contribution is -2.35. The van der Waals surface area contributed by atoms with Crippen LogP contribution >= 0.6 is 11.6 Å². The van der Waals surface area contributed by atoms with E-state index in [2.05, 4.69) is 10.4 Å². The van der Waals surface area contributed by atoms with Crippen LogP contribution in [0.25, 0.3) is 0 Å². The second-order valence-corrected chi connectivity index (χ2v) is 4.40. The molecule has 0 bridgehead atoms. The maximum absolute atomic E-state index is 11.2. The van der Waals surface area contributed by atoms with Crippen molar-refractivity contribution in [3.63, 3.8) is 0 Å². The highest BCUT2D eigenvalue weighted by molar-refractivity contribution is 6.35. The molecule has 3 N–H and O–H groups in total. The molecule has 0 atom stereocenters. The van der Waals surface area contributed by atoms with E-state index in [9.17, 15) is 14.4 Å². The Labute approximate surface area is 136 Å². The van der Waals surface area contributed by atoms with Gasteiger partial charge < -0.3 is 19.9 Å². The number of aliphatic carboxylic acids is 1. The van der Waals surface area contributed by atoms with Gasteiger partial charge >= 0.3 is 17.8 Å². The molecule has 1 aromatic rings. The highest BCUT2D eigenvalue weighted by Gasteiger charge is 2.13. The second kappa shape index (κ2) is 8.59. The van der Waals surface area contributed by atoms with Gasteiger partial charge in [0.15, 0.2) is 18.1 Å². The van der Waals surface area contributed by atoms with Gasteiger partial charge in [0.25, 0.3) is 0 Å². The summed E-state index contributed by atoms with van der Waals surface area (Å²) in [5.74, 6) is -2.66. The van der Waals surface area contributed by atoms with Crippen molar-refractivity contribution in [2.75, 3.05) is 20.8 Å². The third-order valence-corrected chi connectivity index (χ3v) is 2.69. The number of likely N-dealkylation sites (N-methyl/N-ethyl adjacent to an activating group) is 1. The molecule has 0 aromatic heterocycles. The van der Waals surface area contributed by atoms with Crippen LogP contribution in [0.1, 0.15) is 5.56 Å². The van der Waals surface area contributed by atoms with Crippen molar-refractivity contribution in [2.24, 2.45) is 5.10 Å². The molecule has 0 spiro atoms. The van der Waals surface area contributed by atoms with Crippen molar-refractivity contribution in [3.05, 3.63) is 22.7 Å². The van der Waals surface area contributed by atoms with Gasteiger partial charge in [-0.2, -0.15) is 5.10 Å². The van der Waals surface area contributed by atoms with E-state index in [1.807, 2.05) is 5.43 Å². The second-order valence-electron chi connectivity index (χ2n) is 3.99. The van der Waals surface area contributed by atoms with Gasteiger partial charge in [-0.3, -0.25) is 9.59 Å². The molecule has 0 unspecified atom stereocenters. The maximum Gasteiger partial charge on any atom is 0.341 e. The third kappa shape index (κ3) is 5.47. The van der Waals surface area contributed by atoms with Gasteiger partial charge in [-0.1, -0.05) is 11.6 Å². The van der Waals surface area contributed by atoms with Crippen LogP contribution in [0.15, 0.2) is 17.2 Å². The number of nitrogens with zero attached hydrogens (tertiary/aromatic N) is 1. The van der Waals surface area contributed by atoms with Crippen LogP contribution in [0.2, 0.25) is 5.02 Å². The predicted molar refractivity (Wildman–Crippen MR) is 80.9 cm³/mol. The fraction of sp³-hybridized carbons (Fsp3) is 0.231. The summed E-state index contributed by atoms with van der Waals surface area (Å²) < 4.78 is 10.1. The SMILES string of the molecule is CNC(=O)C(=O)N/N=C\c1cc(Cl)c(OCC(=O)O)c(OC)c1. The van der Waals surface area contributed by atoms with E-state index in [0.29, 0.717) is 5.56 Å². The largest absolute Gasteiger partial charge is 0.493 e. The number of benzene rings is 1. The average Bonchev–Trinajstić information content (AvgIpc) is 2.52. The van der Waals surface area contributed by atoms with Gasteiger partial charge in [-0.25, -0.2) is 10.2 Å². The topological polar surface area (TPSA) is 126 Å². The van der Waals surface area contributed by atoms with Crippen LogP contribution in [0.5, 0.6) is 11.5 Å². The number of nitrogens with one attached hydrogen (secondary N) is 2. The summed E-state index contributed by atoms with van der Waals surface area (Å²) in [6, 6.07) is 2.90. The van der Waals surface area contributed by atoms with Crippen LogP contribution in [0, 0.1) is 0 Å². The first-order valence-electron chi connectivity index (χ1n) is 6.16. The predicted octanol–water partition coefficient (Wildman–Crippen LogP) is 0.00810. The van der Waals surface area contributed by atoms with Gasteiger partial charge in [0.05, 0.1) is 18.3 Å². The molecule has 0 heterocycles. The number of carbonyl (C=O) groups is 3. The summed E-state index contributed by atoms with van der Waals surface area (Å²) in [7, 11) is 2.67. The average molecular weight is 344 g/mol. The molecule has 9 nitrogen and oxygen atoms in total. The van der Waals surface area contributed by atoms with Gasteiger partial charge in [-0.05, 0) is 17.7 Å². The first kappa shape index (κ1) is 18.2. The number of rotatable bonds is 6. The molecule has 2 amide bonds. The Hall–Kier alpha value is -2.81. The number of methoxy groups -OCH3 is 1. The molecular formula is C13H14ClN3O6. The molecule has 0 aliphatic carbocycles. The number of amides is 2. The fourth-order valence-electron chi connectivity index (χ4n) is 1.42. The normalized spacial score (nSPS) is 10.2. The number of hydrogen-bond acceptors (Lipinski definition) is 6. The molecule has 0 fully saturated rings. The number of hydrogen-bond donors (Lipinski definition) is 3. The van der Waals surface area contributed by atoms with E-state index in [-0.39, 0.29) is 16.5 Å². The highest BCUT2D eigenvalue weighted by Crippen LogP contribution is 2.35. The number of carboxylic acids is 1. The Balaban J connectivity index is 2.89. The standard InChI is InChI=1S/C13H14ClN3O6/c1-15-12(20)13(21)17-16-5-7-3-8(14)11(9(4-7)22-2)23-6-10(18)19/h3-5H,6H2,1-2H3,(H,15,20)(H,17,21)(H,18,19)/b16-5-. The molecule has 1 aromatic carbocycles. The maximum atomic E-state index is 11.2. The van der Waals surface area contributed by atoms with Crippen LogP contribution in [0.4, 0.5) is 0 Å². The van der Waals surface area contributed by atoms with Crippen LogP contribution in [-0.4, -0.2) is 49.9 Å². The Morgan fingerprint density at radius 3 is 2.61 bits per heavy atom. The lowest BCUT2D eigenvalue weighted by atomic mass is 10.2. The zero-order valence-electron chi connectivity index (χ0n) is 12.3. The number of carbonyl (C=O) groups excluding carboxylic acids is 2. The number of carboxylic acid groups (broad SMARTS) is 1. The van der Waals surface area contributed by atoms with Crippen molar-refractivity contribution in [2.45, 2.75) is 0 Å². The van der Waals surface area contributed by atoms with E-state index in [4.69, 9.17) is 26.2 Å². The molecule has 23 heavy (non-hydrogen) atoms. The summed E-state index contributed by atoms with van der Waals surface area (Å²) in [6.45, 7) is -0.578. The van der Waals surface area contributed by atoms with Crippen molar-refractivity contribution in [1.29, 1.82) is 0 Å². The van der Waals surface area contributed by atoms with Gasteiger partial charge in [0, 0.05) is 7.05 Å². The highest BCUT2D eigenvalue weighted by atomic mass is 35.5. The molecule has 10 heteroatoms. The van der Waals surface area contributed by atoms with Crippen molar-refractivity contribution < 1.29 is 29.0 Å². The first-order chi connectivity index (χ1) is 10.9. The minimum Gasteiger partial charge on any atom is -0.493 e. The summed E-state index contributed by atoms with van der Waals surface area (Å²) in [6.07, 6.45) is 1.23. The lowest BCUT2D eigenvalue weighted by Gasteiger charge is -2.11. The van der Waals surface area contributed by atoms with Crippen LogP contribution < -0.4 is 20.2 Å². The van der Waals surface area contributed by atoms with E-state index in [0.717, 1.165) is 0 Å². The molecule has 0 saturated carbocycles. The molecular weight excluding hydrogens is 330 g/mol. The van der Waals surface area contributed by atoms with Crippen LogP contribution in [0.3, 0.4) is 0 Å². The van der Waals surface area contributed by atoms with E-state index < -0.39 is 24.4 Å². The van der Waals surface area contributed by atoms with Gasteiger partial charge in [-0.15, -0.1) is 0 Å². The molecule has 124 valence electrons. The monoisotopic (exact) mass is 343 g/mol. The number of hydrazone groups is 1. The summed E-state index contributed by atoms with van der Waals surface area (Å²) in [5.41, 5.74) is 2.46. The smallest absolute Gasteiger partial charge is 0.341 e. The fourth-order valence-corrected chi connectivity index (χ4v) is 1.69. The van der Waals surface area contributed by atoms with Crippen molar-refractivity contribution >= 4 is 35.6 Å². The van der Waals surface area contributed by atoms with Crippen molar-refractivity contribution in [1.82, 2.24) is 10.7 Å². The Morgan fingerprint density at radius 1 is 1.35 bits per heavy atom. The zero-order chi connectivity index (χ0) is 17.4. The molecule has 0 radical (unpaired) electrons. The minimum atomic E-state index is -1.16. The lowest BCUT2D eigenvalue weighted by molar-refractivity contribution is -0.139. The van der Waals surface area contributed by atoms with Crippen molar-refractivity contribution in [3.8, 4) is 11.5 Å². The molecule has 0 aliphatic heterocycles. The van der Waals surface area contributed by atoms with E-state index in [1.165, 1.54) is 32.5 Å². The van der Waals surface area contributed by atoms with Gasteiger partial charge in [0.2, 0.25) is 0 Å². The van der Waals surface area contributed by atoms with E-state index >= 15 is 0 Å². The number of ether oxygens (including phenoxy) is 2. The molecule has 1 rings (SSSR count). The molecule has 0 saturated heterocycles. The minimum absolute atomic E-state index is 0.0723. The number of halogens is 1. The van der Waals surface area contributed by atoms with Crippen LogP contribution in [-0.2, 0) is 14.4 Å². The van der Waals surface area contributed by atoms with Gasteiger partial charge in [0.1, 0.15) is 0 Å². The Kier molecular flexibility index (Phi) is 6.81. The summed E-state index contributed by atoms with van der Waals surface area (Å²) in [4.78, 5) is 32.7. The van der Waals surface area contributed by atoms with E-state index in [1.54, 1.807) is 0 Å². The Bertz CT molecular complexity index is 647. The first-order valence-corrected chi connectivity index (χ1v) is 6.54. The zero-order valence-corrected chi connectivity index (χ0v) is 13.0. The quantitative estimate of drug-likeness (QED) is 0.379.